The summed E-state index contributed by atoms with van der Waals surface area (Å²) >= 11 is 3.49. The van der Waals surface area contributed by atoms with Crippen molar-refractivity contribution in [2.24, 2.45) is 0 Å². The predicted octanol–water partition coefficient (Wildman–Crippen LogP) is 4.36. The number of urea groups is 1. The molecule has 186 valence electrons. The quantitative estimate of drug-likeness (QED) is 0.228. The molecule has 0 spiro atoms. The van der Waals surface area contributed by atoms with Crippen molar-refractivity contribution in [3.05, 3.63) is 53.2 Å². The van der Waals surface area contributed by atoms with Crippen molar-refractivity contribution >= 4 is 45.1 Å². The van der Waals surface area contributed by atoms with Crippen LogP contribution in [-0.2, 0) is 6.42 Å². The van der Waals surface area contributed by atoms with Gasteiger partial charge in [0.05, 0.1) is 10.8 Å². The van der Waals surface area contributed by atoms with Gasteiger partial charge in [-0.3, -0.25) is 0 Å². The second-order valence-corrected chi connectivity index (χ2v) is 9.34. The van der Waals surface area contributed by atoms with Gasteiger partial charge in [-0.25, -0.2) is 14.8 Å². The van der Waals surface area contributed by atoms with Crippen LogP contribution in [0.2, 0.25) is 0 Å². The fraction of sp³-hybridized carbons (Fsp3) is 0.417. The molecule has 5 N–H and O–H groups in total. The van der Waals surface area contributed by atoms with Gasteiger partial charge >= 0.3 is 6.03 Å². The van der Waals surface area contributed by atoms with Gasteiger partial charge in [0.15, 0.2) is 0 Å². The van der Waals surface area contributed by atoms with Crippen LogP contribution in [0.1, 0.15) is 31.4 Å². The number of benzene rings is 1. The largest absolute Gasteiger partial charge is 0.369 e. The number of piperidine rings is 1. The van der Waals surface area contributed by atoms with E-state index in [0.29, 0.717) is 30.5 Å². The van der Waals surface area contributed by atoms with Crippen LogP contribution >= 0.6 is 15.9 Å². The van der Waals surface area contributed by atoms with Crippen molar-refractivity contribution in [2.75, 3.05) is 48.7 Å². The van der Waals surface area contributed by atoms with E-state index < -0.39 is 0 Å². The van der Waals surface area contributed by atoms with Gasteiger partial charge in [0.25, 0.3) is 0 Å². The number of aromatic amines is 1. The molecule has 1 saturated heterocycles. The Hall–Kier alpha value is -3.18. The maximum absolute atomic E-state index is 12.3. The molecule has 1 aromatic carbocycles. The molecule has 1 aliphatic rings. The Balaban J connectivity index is 1.24. The lowest BCUT2D eigenvalue weighted by Gasteiger charge is -2.26. The van der Waals surface area contributed by atoms with E-state index in [9.17, 15) is 4.79 Å². The van der Waals surface area contributed by atoms with Gasteiger partial charge in [-0.15, -0.1) is 0 Å². The number of carbonyl (C=O) groups is 1. The fourth-order valence-electron chi connectivity index (χ4n) is 3.95. The van der Waals surface area contributed by atoms with E-state index in [-0.39, 0.29) is 6.03 Å². The number of amides is 2. The van der Waals surface area contributed by atoms with Crippen LogP contribution in [-0.4, -0.2) is 63.6 Å². The van der Waals surface area contributed by atoms with E-state index in [4.69, 9.17) is 0 Å². The molecule has 1 fully saturated rings. The average Bonchev–Trinajstić information content (AvgIpc) is 3.38. The summed E-state index contributed by atoms with van der Waals surface area (Å²) in [7, 11) is 0. The molecule has 2 amide bonds. The lowest BCUT2D eigenvalue weighted by Crippen LogP contribution is -2.34. The Bertz CT molecular complexity index is 1070. The number of hydrogen-bond acceptors (Lipinski definition) is 7. The first-order chi connectivity index (χ1) is 17.2. The van der Waals surface area contributed by atoms with Gasteiger partial charge in [-0.2, -0.15) is 4.98 Å². The van der Waals surface area contributed by atoms with Crippen LogP contribution < -0.4 is 21.3 Å². The van der Waals surface area contributed by atoms with E-state index in [1.54, 1.807) is 18.7 Å². The van der Waals surface area contributed by atoms with Crippen molar-refractivity contribution in [3.63, 3.8) is 0 Å². The fourth-order valence-corrected chi connectivity index (χ4v) is 4.29. The zero-order valence-electron chi connectivity index (χ0n) is 19.7. The molecule has 4 rings (SSSR count). The Morgan fingerprint density at radius 2 is 1.97 bits per heavy atom. The molecule has 0 atom stereocenters. The molecular weight excluding hydrogens is 510 g/mol. The molecule has 0 unspecified atom stereocenters. The van der Waals surface area contributed by atoms with Crippen LogP contribution in [0.15, 0.2) is 47.5 Å². The van der Waals surface area contributed by atoms with Gasteiger partial charge in [0.2, 0.25) is 5.95 Å². The van der Waals surface area contributed by atoms with Crippen LogP contribution in [0.5, 0.6) is 0 Å². The van der Waals surface area contributed by atoms with Crippen LogP contribution in [0.3, 0.4) is 0 Å². The monoisotopic (exact) mass is 541 g/mol. The molecule has 3 heterocycles. The number of anilines is 4. The highest BCUT2D eigenvalue weighted by Gasteiger charge is 2.10. The second-order valence-electron chi connectivity index (χ2n) is 8.49. The standard InChI is InChI=1S/C24H32BrN9O/c25-21-16-29-23(33-22(21)27-10-8-20-15-26-17-30-20)31-18-6-4-7-19(14-18)32-24(35)28-9-5-13-34-11-2-1-3-12-34/h4,6-7,14-17H,1-3,5,8-13H2,(H,26,30)(H2,28,32,35)(H2,27,29,31,33). The van der Waals surface area contributed by atoms with Crippen molar-refractivity contribution in [1.82, 2.24) is 30.2 Å². The molecule has 0 saturated carbocycles. The molecule has 1 aliphatic heterocycles. The van der Waals surface area contributed by atoms with E-state index in [0.717, 1.165) is 35.2 Å². The van der Waals surface area contributed by atoms with Crippen molar-refractivity contribution in [1.29, 1.82) is 0 Å². The zero-order valence-corrected chi connectivity index (χ0v) is 21.3. The Morgan fingerprint density at radius 3 is 2.80 bits per heavy atom. The molecule has 0 bridgehead atoms. The number of nitrogens with zero attached hydrogens (tertiary/aromatic N) is 4. The normalized spacial score (nSPS) is 13.9. The highest BCUT2D eigenvalue weighted by molar-refractivity contribution is 9.10. The number of likely N-dealkylation sites (tertiary alicyclic amines) is 1. The molecule has 2 aromatic heterocycles. The summed E-state index contributed by atoms with van der Waals surface area (Å²) in [5, 5.41) is 12.3. The summed E-state index contributed by atoms with van der Waals surface area (Å²) in [6.07, 6.45) is 10.8. The summed E-state index contributed by atoms with van der Waals surface area (Å²) in [5.41, 5.74) is 2.52. The van der Waals surface area contributed by atoms with Gasteiger partial charge < -0.3 is 31.2 Å². The van der Waals surface area contributed by atoms with Gasteiger partial charge in [-0.1, -0.05) is 12.5 Å². The van der Waals surface area contributed by atoms with E-state index in [2.05, 4.69) is 62.0 Å². The van der Waals surface area contributed by atoms with Crippen LogP contribution in [0.25, 0.3) is 0 Å². The van der Waals surface area contributed by atoms with Crippen molar-refractivity contribution < 1.29 is 4.79 Å². The minimum atomic E-state index is -0.204. The zero-order chi connectivity index (χ0) is 24.3. The van der Waals surface area contributed by atoms with Gasteiger partial charge in [-0.05, 0) is 73.0 Å². The summed E-state index contributed by atoms with van der Waals surface area (Å²) < 4.78 is 0.778. The average molecular weight is 542 g/mol. The minimum absolute atomic E-state index is 0.204. The smallest absolute Gasteiger partial charge is 0.319 e. The summed E-state index contributed by atoms with van der Waals surface area (Å²) in [4.78, 5) is 30.8. The molecule has 35 heavy (non-hydrogen) atoms. The highest BCUT2D eigenvalue weighted by Crippen LogP contribution is 2.23. The number of nitrogens with one attached hydrogen (secondary N) is 5. The van der Waals surface area contributed by atoms with E-state index >= 15 is 0 Å². The van der Waals surface area contributed by atoms with Gasteiger partial charge in [0, 0.05) is 49.0 Å². The number of hydrogen-bond donors (Lipinski definition) is 5. The molecule has 3 aromatic rings. The molecule has 10 nitrogen and oxygen atoms in total. The number of halogens is 1. The third kappa shape index (κ3) is 8.22. The molecule has 11 heteroatoms. The van der Waals surface area contributed by atoms with Crippen LogP contribution in [0, 0.1) is 0 Å². The molecule has 0 radical (unpaired) electrons. The third-order valence-corrected chi connectivity index (χ3v) is 6.33. The molecule has 0 aliphatic carbocycles. The number of rotatable bonds is 11. The number of H-pyrrole nitrogens is 1. The third-order valence-electron chi connectivity index (χ3n) is 5.75. The summed E-state index contributed by atoms with van der Waals surface area (Å²) in [6.45, 7) is 4.74. The first kappa shape index (κ1) is 24.9. The van der Waals surface area contributed by atoms with Crippen LogP contribution in [0.4, 0.5) is 27.9 Å². The topological polar surface area (TPSA) is 123 Å². The maximum Gasteiger partial charge on any atom is 0.319 e. The van der Waals surface area contributed by atoms with E-state index in [1.165, 1.54) is 32.4 Å². The SMILES string of the molecule is O=C(NCCCN1CCCCC1)Nc1cccc(Nc2ncc(Br)c(NCCc3cnc[nH]3)n2)c1. The summed E-state index contributed by atoms with van der Waals surface area (Å²) in [5.74, 6) is 1.15. The Kier molecular flexibility index (Phi) is 9.30. The number of imidazole rings is 1. The van der Waals surface area contributed by atoms with Crippen molar-refractivity contribution in [2.45, 2.75) is 32.1 Å². The maximum atomic E-state index is 12.3. The number of aromatic nitrogens is 4. The van der Waals surface area contributed by atoms with E-state index in [1.807, 2.05) is 24.3 Å². The van der Waals surface area contributed by atoms with Gasteiger partial charge in [0.1, 0.15) is 5.82 Å². The lowest BCUT2D eigenvalue weighted by molar-refractivity contribution is 0.224. The second kappa shape index (κ2) is 13.1. The first-order valence-corrected chi connectivity index (χ1v) is 12.8. The van der Waals surface area contributed by atoms with Crippen molar-refractivity contribution in [3.8, 4) is 0 Å². The predicted molar refractivity (Wildman–Crippen MR) is 142 cm³/mol. The Morgan fingerprint density at radius 1 is 1.11 bits per heavy atom. The first-order valence-electron chi connectivity index (χ1n) is 12.0. The summed E-state index contributed by atoms with van der Waals surface area (Å²) in [6, 6.07) is 7.27. The lowest BCUT2D eigenvalue weighted by atomic mass is 10.1. The molecular formula is C24H32BrN9O. The highest BCUT2D eigenvalue weighted by atomic mass is 79.9. The number of carbonyl (C=O) groups excluding carboxylic acids is 1. The minimum Gasteiger partial charge on any atom is -0.369 e. The Labute approximate surface area is 213 Å².